The maximum absolute atomic E-state index is 12.7. The Morgan fingerprint density at radius 1 is 0.947 bits per heavy atom. The molecule has 0 fully saturated rings. The molecule has 8 nitrogen and oxygen atoms in total. The van der Waals surface area contributed by atoms with Gasteiger partial charge in [-0.3, -0.25) is 0 Å². The van der Waals surface area contributed by atoms with Crippen LogP contribution >= 0.6 is 27.5 Å². The Morgan fingerprint density at radius 2 is 1.63 bits per heavy atom. The summed E-state index contributed by atoms with van der Waals surface area (Å²) in [5.41, 5.74) is 1.69. The summed E-state index contributed by atoms with van der Waals surface area (Å²) in [7, 11) is 4.45. The average molecular weight is 599 g/mol. The summed E-state index contributed by atoms with van der Waals surface area (Å²) in [4.78, 5) is 29.5. The van der Waals surface area contributed by atoms with Crippen LogP contribution in [0.15, 0.2) is 75.8 Å². The van der Waals surface area contributed by atoms with Gasteiger partial charge in [-0.2, -0.15) is 0 Å². The lowest BCUT2D eigenvalue weighted by atomic mass is 10.1. The topological polar surface area (TPSA) is 92.7 Å². The molecule has 1 aliphatic rings. The van der Waals surface area contributed by atoms with E-state index in [0.717, 1.165) is 5.56 Å². The molecule has 38 heavy (non-hydrogen) atoms. The lowest BCUT2D eigenvalue weighted by Gasteiger charge is -2.13. The average Bonchev–Trinajstić information content (AvgIpc) is 3.28. The van der Waals surface area contributed by atoms with E-state index in [1.807, 2.05) is 0 Å². The van der Waals surface area contributed by atoms with Gasteiger partial charge in [-0.25, -0.2) is 14.6 Å². The number of cyclic esters (lactones) is 1. The summed E-state index contributed by atoms with van der Waals surface area (Å²) in [6, 6.07) is 15.2. The van der Waals surface area contributed by atoms with E-state index in [1.54, 1.807) is 60.7 Å². The van der Waals surface area contributed by atoms with Crippen LogP contribution in [0.2, 0.25) is 5.02 Å². The minimum atomic E-state index is -0.673. The van der Waals surface area contributed by atoms with Crippen molar-refractivity contribution in [2.45, 2.75) is 0 Å². The van der Waals surface area contributed by atoms with Crippen LogP contribution in [-0.4, -0.2) is 39.2 Å². The van der Waals surface area contributed by atoms with Gasteiger partial charge in [0.15, 0.2) is 17.2 Å². The Morgan fingerprint density at radius 3 is 2.26 bits per heavy atom. The number of rotatable bonds is 8. The molecule has 1 aliphatic heterocycles. The first kappa shape index (κ1) is 27.0. The predicted molar refractivity (Wildman–Crippen MR) is 147 cm³/mol. The van der Waals surface area contributed by atoms with Crippen molar-refractivity contribution >= 4 is 57.5 Å². The molecule has 0 amide bonds. The molecule has 0 N–H and O–H groups in total. The van der Waals surface area contributed by atoms with Crippen LogP contribution < -0.4 is 18.9 Å². The molecule has 1 heterocycles. The van der Waals surface area contributed by atoms with Gasteiger partial charge in [0.2, 0.25) is 11.6 Å². The molecule has 0 bridgehead atoms. The summed E-state index contributed by atoms with van der Waals surface area (Å²) in [6.45, 7) is 0. The van der Waals surface area contributed by atoms with Crippen LogP contribution in [0.4, 0.5) is 0 Å². The number of carbonyl (C=O) groups excluding carboxylic acids is 2. The second kappa shape index (κ2) is 12.0. The molecule has 194 valence electrons. The third-order valence-electron chi connectivity index (χ3n) is 5.29. The number of hydrogen-bond acceptors (Lipinski definition) is 8. The lowest BCUT2D eigenvalue weighted by Crippen LogP contribution is -2.07. The summed E-state index contributed by atoms with van der Waals surface area (Å²) < 4.78 is 27.7. The van der Waals surface area contributed by atoms with E-state index in [4.69, 9.17) is 35.3 Å². The molecular weight excluding hydrogens is 578 g/mol. The zero-order valence-electron chi connectivity index (χ0n) is 20.5. The number of benzene rings is 3. The molecule has 0 saturated carbocycles. The number of ether oxygens (including phenoxy) is 5. The SMILES string of the molecule is COc1cc(C2=N/C(=C\c3cc(Br)ccc3OC(=O)/C=C/c3ccc(Cl)cc3)C(=O)O2)cc(OC)c1OC. The van der Waals surface area contributed by atoms with Gasteiger partial charge in [-0.1, -0.05) is 39.7 Å². The summed E-state index contributed by atoms with van der Waals surface area (Å²) in [5.74, 6) is 0.170. The van der Waals surface area contributed by atoms with Crippen molar-refractivity contribution in [2.24, 2.45) is 4.99 Å². The fraction of sp³-hybridized carbons (Fsp3) is 0.107. The van der Waals surface area contributed by atoms with Crippen LogP contribution in [0.5, 0.6) is 23.0 Å². The van der Waals surface area contributed by atoms with Crippen molar-refractivity contribution < 1.29 is 33.3 Å². The van der Waals surface area contributed by atoms with E-state index >= 15 is 0 Å². The van der Waals surface area contributed by atoms with Crippen molar-refractivity contribution in [3.05, 3.63) is 92.6 Å². The molecule has 3 aromatic rings. The van der Waals surface area contributed by atoms with E-state index in [2.05, 4.69) is 20.9 Å². The predicted octanol–water partition coefficient (Wildman–Crippen LogP) is 6.09. The smallest absolute Gasteiger partial charge is 0.363 e. The van der Waals surface area contributed by atoms with Gasteiger partial charge < -0.3 is 23.7 Å². The number of hydrogen-bond donors (Lipinski definition) is 0. The minimum absolute atomic E-state index is 0.0147. The highest BCUT2D eigenvalue weighted by Crippen LogP contribution is 2.39. The van der Waals surface area contributed by atoms with E-state index in [-0.39, 0.29) is 17.3 Å². The Balaban J connectivity index is 1.62. The Labute approximate surface area is 232 Å². The highest BCUT2D eigenvalue weighted by Gasteiger charge is 2.27. The Hall–Kier alpha value is -4.08. The van der Waals surface area contributed by atoms with Crippen LogP contribution in [0.3, 0.4) is 0 Å². The van der Waals surface area contributed by atoms with Crippen LogP contribution in [-0.2, 0) is 14.3 Å². The second-order valence-electron chi connectivity index (χ2n) is 7.74. The maximum Gasteiger partial charge on any atom is 0.363 e. The van der Waals surface area contributed by atoms with Crippen molar-refractivity contribution in [3.63, 3.8) is 0 Å². The molecule has 3 aromatic carbocycles. The fourth-order valence-corrected chi connectivity index (χ4v) is 3.99. The quantitative estimate of drug-likeness (QED) is 0.176. The highest BCUT2D eigenvalue weighted by molar-refractivity contribution is 9.10. The molecule has 4 rings (SSSR count). The van der Waals surface area contributed by atoms with Crippen molar-refractivity contribution in [1.29, 1.82) is 0 Å². The third-order valence-corrected chi connectivity index (χ3v) is 6.03. The zero-order valence-corrected chi connectivity index (χ0v) is 22.8. The first-order valence-corrected chi connectivity index (χ1v) is 12.3. The van der Waals surface area contributed by atoms with E-state index in [0.29, 0.717) is 37.9 Å². The third kappa shape index (κ3) is 6.24. The first-order chi connectivity index (χ1) is 18.3. The number of carbonyl (C=O) groups is 2. The van der Waals surface area contributed by atoms with E-state index < -0.39 is 11.9 Å². The van der Waals surface area contributed by atoms with Gasteiger partial charge in [-0.05, 0) is 60.2 Å². The van der Waals surface area contributed by atoms with Gasteiger partial charge in [-0.15, -0.1) is 0 Å². The van der Waals surface area contributed by atoms with Crippen LogP contribution in [0, 0.1) is 0 Å². The Kier molecular flexibility index (Phi) is 8.50. The van der Waals surface area contributed by atoms with E-state index in [9.17, 15) is 9.59 Å². The summed E-state index contributed by atoms with van der Waals surface area (Å²) in [6.07, 6.45) is 4.38. The van der Waals surface area contributed by atoms with Crippen LogP contribution in [0.25, 0.3) is 12.2 Å². The molecule has 0 atom stereocenters. The molecule has 10 heteroatoms. The molecule has 0 unspecified atom stereocenters. The molecule has 0 radical (unpaired) electrons. The van der Waals surface area contributed by atoms with E-state index in [1.165, 1.54) is 33.5 Å². The molecule has 0 saturated heterocycles. The first-order valence-electron chi connectivity index (χ1n) is 11.1. The summed E-state index contributed by atoms with van der Waals surface area (Å²) >= 11 is 9.29. The van der Waals surface area contributed by atoms with Crippen LogP contribution in [0.1, 0.15) is 16.7 Å². The van der Waals surface area contributed by atoms with Crippen molar-refractivity contribution in [3.8, 4) is 23.0 Å². The highest BCUT2D eigenvalue weighted by atomic mass is 79.9. The number of esters is 2. The van der Waals surface area contributed by atoms with Gasteiger partial charge in [0.25, 0.3) is 0 Å². The molecular formula is C28H21BrClNO7. The zero-order chi connectivity index (χ0) is 27.2. The lowest BCUT2D eigenvalue weighted by molar-refractivity contribution is -0.130. The van der Waals surface area contributed by atoms with Crippen molar-refractivity contribution in [1.82, 2.24) is 0 Å². The minimum Gasteiger partial charge on any atom is -0.493 e. The molecule has 0 aromatic heterocycles. The number of halogens is 2. The number of aliphatic imine (C=N–C) groups is 1. The number of methoxy groups -OCH3 is 3. The standard InChI is InChI=1S/C28H21BrClNO7/c1-34-23-14-18(15-24(35-2)26(23)36-3)27-31-21(28(33)38-27)13-17-12-19(29)7-10-22(17)37-25(32)11-6-16-4-8-20(30)9-5-16/h4-15H,1-3H3/b11-6+,21-13-. The second-order valence-corrected chi connectivity index (χ2v) is 9.09. The van der Waals surface area contributed by atoms with Gasteiger partial charge in [0, 0.05) is 26.7 Å². The largest absolute Gasteiger partial charge is 0.493 e. The maximum atomic E-state index is 12.7. The summed E-state index contributed by atoms with van der Waals surface area (Å²) in [5, 5.41) is 0.596. The van der Waals surface area contributed by atoms with Crippen molar-refractivity contribution in [2.75, 3.05) is 21.3 Å². The fourth-order valence-electron chi connectivity index (χ4n) is 3.49. The normalized spacial score (nSPS) is 13.9. The van der Waals surface area contributed by atoms with Gasteiger partial charge in [0.05, 0.1) is 21.3 Å². The monoisotopic (exact) mass is 597 g/mol. The van der Waals surface area contributed by atoms with Gasteiger partial charge in [0.1, 0.15) is 5.75 Å². The van der Waals surface area contributed by atoms with Gasteiger partial charge >= 0.3 is 11.9 Å². The Bertz CT molecular complexity index is 1450. The molecule has 0 aliphatic carbocycles. The molecule has 0 spiro atoms. The number of nitrogens with zero attached hydrogens (tertiary/aromatic N) is 1.